The first-order valence-electron chi connectivity index (χ1n) is 10.8. The van der Waals surface area contributed by atoms with Crippen molar-refractivity contribution >= 4 is 46.4 Å². The molecule has 2 fully saturated rings. The van der Waals surface area contributed by atoms with Gasteiger partial charge in [-0.3, -0.25) is 4.90 Å². The highest BCUT2D eigenvalue weighted by Crippen LogP contribution is 2.44. The molecule has 1 N–H and O–H groups in total. The Labute approximate surface area is 186 Å². The summed E-state index contributed by atoms with van der Waals surface area (Å²) in [7, 11) is 0. The van der Waals surface area contributed by atoms with Crippen molar-refractivity contribution in [1.29, 1.82) is 0 Å². The van der Waals surface area contributed by atoms with E-state index in [0.717, 1.165) is 19.0 Å². The largest absolute Gasteiger partial charge is 0.314 e. The zero-order valence-electron chi connectivity index (χ0n) is 17.0. The lowest BCUT2D eigenvalue weighted by molar-refractivity contribution is 0.105. The van der Waals surface area contributed by atoms with Crippen LogP contribution in [0.3, 0.4) is 0 Å². The van der Waals surface area contributed by atoms with E-state index in [1.807, 2.05) is 0 Å². The van der Waals surface area contributed by atoms with Crippen molar-refractivity contribution < 1.29 is 0 Å². The molecule has 29 heavy (non-hydrogen) atoms. The highest BCUT2D eigenvalue weighted by molar-refractivity contribution is 6.02. The van der Waals surface area contributed by atoms with Crippen LogP contribution < -0.4 is 5.32 Å². The van der Waals surface area contributed by atoms with E-state index in [-0.39, 0.29) is 24.8 Å². The van der Waals surface area contributed by atoms with Crippen LogP contribution in [0.25, 0.3) is 21.5 Å². The Bertz CT molecular complexity index is 858. The van der Waals surface area contributed by atoms with Gasteiger partial charge in [0.25, 0.3) is 0 Å². The van der Waals surface area contributed by atoms with Crippen LogP contribution in [0.15, 0.2) is 54.6 Å². The third kappa shape index (κ3) is 4.41. The summed E-state index contributed by atoms with van der Waals surface area (Å²) < 4.78 is 0. The molecule has 1 heterocycles. The second-order valence-electron chi connectivity index (χ2n) is 8.36. The standard InChI is InChI=1S/C25H30N2.2ClH/c1-2-8-19(9-3-1)25(27-16-14-26-15-17-27)24-22-12-6-4-10-20(22)18-21-11-5-7-13-23(21)24;;/h4-7,10-13,18-19,25-26H,1-3,8-9,14-17H2;2*1H/t25-;;/m1../s1. The number of piperazine rings is 1. The first kappa shape index (κ1) is 22.4. The van der Waals surface area contributed by atoms with Gasteiger partial charge in [-0.15, -0.1) is 24.8 Å². The van der Waals surface area contributed by atoms with Gasteiger partial charge in [0.1, 0.15) is 0 Å². The van der Waals surface area contributed by atoms with Gasteiger partial charge in [-0.05, 0) is 51.9 Å². The summed E-state index contributed by atoms with van der Waals surface area (Å²) >= 11 is 0. The second-order valence-corrected chi connectivity index (χ2v) is 8.36. The molecule has 1 saturated heterocycles. The summed E-state index contributed by atoms with van der Waals surface area (Å²) in [5, 5.41) is 9.26. The summed E-state index contributed by atoms with van der Waals surface area (Å²) in [6.07, 6.45) is 6.98. The smallest absolute Gasteiger partial charge is 0.0389 e. The quantitative estimate of drug-likeness (QED) is 0.485. The number of hydrogen-bond donors (Lipinski definition) is 1. The first-order chi connectivity index (χ1) is 13.4. The highest BCUT2D eigenvalue weighted by atomic mass is 35.5. The summed E-state index contributed by atoms with van der Waals surface area (Å²) in [5.74, 6) is 0.783. The summed E-state index contributed by atoms with van der Waals surface area (Å²) in [5.41, 5.74) is 1.59. The van der Waals surface area contributed by atoms with E-state index < -0.39 is 0 Å². The highest BCUT2D eigenvalue weighted by Gasteiger charge is 2.33. The van der Waals surface area contributed by atoms with Crippen molar-refractivity contribution in [3.8, 4) is 0 Å². The van der Waals surface area contributed by atoms with E-state index in [4.69, 9.17) is 0 Å². The maximum Gasteiger partial charge on any atom is 0.0389 e. The number of rotatable bonds is 3. The van der Waals surface area contributed by atoms with Gasteiger partial charge < -0.3 is 5.32 Å². The van der Waals surface area contributed by atoms with Crippen molar-refractivity contribution in [3.63, 3.8) is 0 Å². The van der Waals surface area contributed by atoms with Crippen LogP contribution in [-0.2, 0) is 0 Å². The number of halogens is 2. The normalized spacial score (nSPS) is 19.4. The van der Waals surface area contributed by atoms with Crippen LogP contribution in [0.5, 0.6) is 0 Å². The van der Waals surface area contributed by atoms with E-state index in [1.54, 1.807) is 5.56 Å². The van der Waals surface area contributed by atoms with E-state index in [2.05, 4.69) is 64.8 Å². The number of nitrogens with one attached hydrogen (secondary N) is 1. The lowest BCUT2D eigenvalue weighted by Gasteiger charge is -2.42. The topological polar surface area (TPSA) is 15.3 Å². The van der Waals surface area contributed by atoms with Crippen molar-refractivity contribution in [3.05, 3.63) is 60.2 Å². The summed E-state index contributed by atoms with van der Waals surface area (Å²) in [4.78, 5) is 2.79. The molecule has 0 aromatic heterocycles. The van der Waals surface area contributed by atoms with E-state index in [9.17, 15) is 0 Å². The van der Waals surface area contributed by atoms with Gasteiger partial charge in [0.2, 0.25) is 0 Å². The molecule has 0 amide bonds. The average Bonchev–Trinajstić information content (AvgIpc) is 2.75. The molecule has 5 rings (SSSR count). The summed E-state index contributed by atoms with van der Waals surface area (Å²) in [6.45, 7) is 4.56. The van der Waals surface area contributed by atoms with Crippen molar-refractivity contribution in [1.82, 2.24) is 10.2 Å². The fourth-order valence-corrected chi connectivity index (χ4v) is 5.49. The molecule has 0 unspecified atom stereocenters. The molecule has 0 radical (unpaired) electrons. The Hall–Kier alpha value is -1.32. The lowest BCUT2D eigenvalue weighted by Crippen LogP contribution is -2.47. The molecule has 1 saturated carbocycles. The van der Waals surface area contributed by atoms with Crippen LogP contribution in [0.1, 0.15) is 43.7 Å². The Balaban J connectivity index is 0.00000120. The van der Waals surface area contributed by atoms with Gasteiger partial charge in [-0.1, -0.05) is 67.8 Å². The minimum Gasteiger partial charge on any atom is -0.314 e. The predicted molar refractivity (Wildman–Crippen MR) is 130 cm³/mol. The van der Waals surface area contributed by atoms with Crippen molar-refractivity contribution in [2.24, 2.45) is 5.92 Å². The van der Waals surface area contributed by atoms with Gasteiger partial charge in [0, 0.05) is 32.2 Å². The molecular formula is C25H32Cl2N2. The predicted octanol–water partition coefficient (Wildman–Crippen LogP) is 6.36. The van der Waals surface area contributed by atoms with E-state index in [0.29, 0.717) is 6.04 Å². The van der Waals surface area contributed by atoms with Crippen LogP contribution in [0.2, 0.25) is 0 Å². The molecule has 3 aromatic rings. The van der Waals surface area contributed by atoms with Crippen LogP contribution in [0, 0.1) is 5.92 Å². The zero-order valence-corrected chi connectivity index (χ0v) is 18.6. The second kappa shape index (κ2) is 10.1. The molecule has 1 aliphatic carbocycles. The van der Waals surface area contributed by atoms with Crippen molar-refractivity contribution in [2.75, 3.05) is 26.2 Å². The molecule has 2 aliphatic rings. The van der Waals surface area contributed by atoms with E-state index in [1.165, 1.54) is 66.7 Å². The van der Waals surface area contributed by atoms with Gasteiger partial charge in [-0.25, -0.2) is 0 Å². The minimum atomic E-state index is 0. The van der Waals surface area contributed by atoms with Crippen LogP contribution in [-0.4, -0.2) is 31.1 Å². The fraction of sp³-hybridized carbons (Fsp3) is 0.440. The van der Waals surface area contributed by atoms with Gasteiger partial charge in [0.15, 0.2) is 0 Å². The zero-order chi connectivity index (χ0) is 18.1. The number of hydrogen-bond acceptors (Lipinski definition) is 2. The molecule has 4 heteroatoms. The molecule has 0 bridgehead atoms. The van der Waals surface area contributed by atoms with Gasteiger partial charge in [-0.2, -0.15) is 0 Å². The number of benzene rings is 3. The van der Waals surface area contributed by atoms with Gasteiger partial charge in [0.05, 0.1) is 0 Å². The van der Waals surface area contributed by atoms with E-state index >= 15 is 0 Å². The summed E-state index contributed by atoms with van der Waals surface area (Å²) in [6, 6.07) is 21.0. The Morgan fingerprint density at radius 1 is 0.759 bits per heavy atom. The SMILES string of the molecule is Cl.Cl.c1ccc2c([C@@H](C3CCCCC3)N3CCNCC3)c3ccccc3cc2c1. The lowest BCUT2D eigenvalue weighted by atomic mass is 9.77. The number of nitrogens with zero attached hydrogens (tertiary/aromatic N) is 1. The molecular weight excluding hydrogens is 399 g/mol. The molecule has 1 atom stereocenters. The third-order valence-corrected chi connectivity index (χ3v) is 6.75. The maximum absolute atomic E-state index is 3.56. The Morgan fingerprint density at radius 3 is 1.90 bits per heavy atom. The minimum absolute atomic E-state index is 0. The molecule has 1 aliphatic heterocycles. The third-order valence-electron chi connectivity index (χ3n) is 6.75. The molecule has 2 nitrogen and oxygen atoms in total. The van der Waals surface area contributed by atoms with Gasteiger partial charge >= 0.3 is 0 Å². The monoisotopic (exact) mass is 430 g/mol. The molecule has 0 spiro atoms. The maximum atomic E-state index is 3.56. The van der Waals surface area contributed by atoms with Crippen LogP contribution in [0.4, 0.5) is 0 Å². The molecule has 3 aromatic carbocycles. The number of fused-ring (bicyclic) bond motifs is 2. The first-order valence-corrected chi connectivity index (χ1v) is 10.8. The van der Waals surface area contributed by atoms with Crippen LogP contribution >= 0.6 is 24.8 Å². The average molecular weight is 431 g/mol. The Kier molecular flexibility index (Phi) is 7.81. The van der Waals surface area contributed by atoms with Crippen molar-refractivity contribution in [2.45, 2.75) is 38.1 Å². The molecule has 156 valence electrons. The Morgan fingerprint density at radius 2 is 1.31 bits per heavy atom. The fourth-order valence-electron chi connectivity index (χ4n) is 5.49.